The summed E-state index contributed by atoms with van der Waals surface area (Å²) in [6, 6.07) is 0. The van der Waals surface area contributed by atoms with E-state index < -0.39 is 5.97 Å². The number of carbonyl (C=O) groups excluding carboxylic acids is 2. The molecule has 9 nitrogen and oxygen atoms in total. The van der Waals surface area contributed by atoms with Crippen LogP contribution in [0.25, 0.3) is 0 Å². The largest absolute Gasteiger partial charge is 0.459 e. The fraction of sp³-hybridized carbons (Fsp3) is 0.611. The number of nitrogens with two attached hydrogens (primary N) is 1. The molecule has 158 valence electrons. The molecule has 29 heavy (non-hydrogen) atoms. The Balaban J connectivity index is 1.55. The number of nitrogens with one attached hydrogen (secondary N) is 1. The van der Waals surface area contributed by atoms with E-state index in [-0.39, 0.29) is 17.8 Å². The maximum absolute atomic E-state index is 12.3. The predicted octanol–water partition coefficient (Wildman–Crippen LogP) is 3.10. The highest BCUT2D eigenvalue weighted by molar-refractivity contribution is 7.99. The van der Waals surface area contributed by atoms with Gasteiger partial charge in [-0.2, -0.15) is 0 Å². The molecule has 2 aromatic rings. The second kappa shape index (κ2) is 9.57. The summed E-state index contributed by atoms with van der Waals surface area (Å²) in [6.45, 7) is 5.27. The van der Waals surface area contributed by atoms with Crippen molar-refractivity contribution in [1.29, 1.82) is 0 Å². The fourth-order valence-electron chi connectivity index (χ4n) is 3.22. The Bertz CT molecular complexity index is 873. The molecule has 0 atom stereocenters. The molecule has 0 aromatic carbocycles. The summed E-state index contributed by atoms with van der Waals surface area (Å²) < 4.78 is 6.69. The number of rotatable bonds is 7. The molecule has 3 N–H and O–H groups in total. The predicted molar refractivity (Wildman–Crippen MR) is 113 cm³/mol. The number of ether oxygens (including phenoxy) is 1. The van der Waals surface area contributed by atoms with Crippen LogP contribution >= 0.6 is 23.1 Å². The van der Waals surface area contributed by atoms with E-state index in [9.17, 15) is 9.59 Å². The van der Waals surface area contributed by atoms with Gasteiger partial charge in [0.25, 0.3) is 0 Å². The minimum Gasteiger partial charge on any atom is -0.459 e. The Labute approximate surface area is 177 Å². The van der Waals surface area contributed by atoms with Crippen LogP contribution in [0.1, 0.15) is 73.1 Å². The van der Waals surface area contributed by atoms with E-state index in [4.69, 9.17) is 10.6 Å². The Kier molecular flexibility index (Phi) is 7.12. The number of anilines is 1. The van der Waals surface area contributed by atoms with E-state index in [1.165, 1.54) is 35.7 Å². The second-order valence-corrected chi connectivity index (χ2v) is 9.21. The summed E-state index contributed by atoms with van der Waals surface area (Å²) >= 11 is 2.32. The van der Waals surface area contributed by atoms with E-state index >= 15 is 0 Å². The molecular weight excluding hydrogens is 412 g/mol. The molecule has 2 heterocycles. The Morgan fingerprint density at radius 2 is 2.03 bits per heavy atom. The van der Waals surface area contributed by atoms with Gasteiger partial charge in [0.15, 0.2) is 11.0 Å². The van der Waals surface area contributed by atoms with E-state index in [1.807, 2.05) is 0 Å². The molecule has 0 unspecified atom stereocenters. The van der Waals surface area contributed by atoms with Crippen molar-refractivity contribution in [3.63, 3.8) is 0 Å². The Hall–Kier alpha value is -2.14. The van der Waals surface area contributed by atoms with Crippen molar-refractivity contribution >= 4 is 40.1 Å². The highest BCUT2D eigenvalue weighted by atomic mass is 32.2. The summed E-state index contributed by atoms with van der Waals surface area (Å²) in [5.74, 6) is 6.70. The molecule has 0 aliphatic heterocycles. The van der Waals surface area contributed by atoms with Gasteiger partial charge in [-0.1, -0.05) is 42.4 Å². The van der Waals surface area contributed by atoms with Crippen LogP contribution in [0.5, 0.6) is 0 Å². The number of carbonyl (C=O) groups is 2. The van der Waals surface area contributed by atoms with Gasteiger partial charge in [-0.15, -0.1) is 10.2 Å². The maximum Gasteiger partial charge on any atom is 0.350 e. The molecular formula is C18H26N6O3S2. The Morgan fingerprint density at radius 1 is 1.31 bits per heavy atom. The molecule has 0 saturated heterocycles. The van der Waals surface area contributed by atoms with Crippen molar-refractivity contribution in [2.45, 2.75) is 70.1 Å². The number of nitrogens with zero attached hydrogens (tertiary/aromatic N) is 4. The molecule has 1 fully saturated rings. The third-order valence-electron chi connectivity index (χ3n) is 4.56. The van der Waals surface area contributed by atoms with Crippen LogP contribution in [0.3, 0.4) is 0 Å². The lowest BCUT2D eigenvalue weighted by Gasteiger charge is -2.20. The minimum absolute atomic E-state index is 0.115. The van der Waals surface area contributed by atoms with Crippen LogP contribution in [0, 0.1) is 6.92 Å². The number of nitrogen functional groups attached to an aromatic ring is 1. The number of thiazole rings is 1. The Morgan fingerprint density at radius 3 is 2.72 bits per heavy atom. The summed E-state index contributed by atoms with van der Waals surface area (Å²) in [6.07, 6.45) is 5.55. The molecule has 1 aliphatic carbocycles. The molecule has 3 rings (SSSR count). The van der Waals surface area contributed by atoms with Gasteiger partial charge in [0.05, 0.1) is 17.6 Å². The second-order valence-electron chi connectivity index (χ2n) is 7.27. The zero-order valence-corrected chi connectivity index (χ0v) is 18.4. The maximum atomic E-state index is 12.3. The first-order valence-electron chi connectivity index (χ1n) is 9.66. The van der Waals surface area contributed by atoms with Crippen molar-refractivity contribution < 1.29 is 14.3 Å². The third kappa shape index (κ3) is 5.47. The lowest BCUT2D eigenvalue weighted by atomic mass is 9.89. The van der Waals surface area contributed by atoms with Crippen molar-refractivity contribution in [3.8, 4) is 0 Å². The molecule has 11 heteroatoms. The first-order chi connectivity index (χ1) is 13.8. The zero-order valence-electron chi connectivity index (χ0n) is 16.8. The lowest BCUT2D eigenvalue weighted by molar-refractivity contribution is -0.113. The van der Waals surface area contributed by atoms with Gasteiger partial charge < -0.3 is 15.9 Å². The number of esters is 1. The van der Waals surface area contributed by atoms with Gasteiger partial charge in [-0.3, -0.25) is 4.79 Å². The van der Waals surface area contributed by atoms with Crippen LogP contribution in [0.15, 0.2) is 5.16 Å². The van der Waals surface area contributed by atoms with Crippen molar-refractivity contribution in [3.05, 3.63) is 16.4 Å². The quantitative estimate of drug-likeness (QED) is 0.384. The van der Waals surface area contributed by atoms with E-state index in [2.05, 4.69) is 20.5 Å². The molecule has 0 radical (unpaired) electrons. The van der Waals surface area contributed by atoms with E-state index in [0.29, 0.717) is 26.8 Å². The summed E-state index contributed by atoms with van der Waals surface area (Å²) in [7, 11) is 0. The van der Waals surface area contributed by atoms with Crippen LogP contribution < -0.4 is 11.2 Å². The molecule has 1 saturated carbocycles. The monoisotopic (exact) mass is 438 g/mol. The van der Waals surface area contributed by atoms with Crippen molar-refractivity contribution in [1.82, 2.24) is 19.9 Å². The van der Waals surface area contributed by atoms with Gasteiger partial charge in [-0.25, -0.2) is 14.5 Å². The van der Waals surface area contributed by atoms with Crippen LogP contribution in [-0.4, -0.2) is 43.6 Å². The number of hydrogen-bond donors (Lipinski definition) is 2. The average molecular weight is 439 g/mol. The number of aryl methyl sites for hydroxylation is 1. The van der Waals surface area contributed by atoms with Crippen LogP contribution in [-0.2, 0) is 9.53 Å². The third-order valence-corrected chi connectivity index (χ3v) is 6.56. The summed E-state index contributed by atoms with van der Waals surface area (Å²) in [5.41, 5.74) is 0.530. The summed E-state index contributed by atoms with van der Waals surface area (Å²) in [4.78, 5) is 29.0. The highest BCUT2D eigenvalue weighted by Gasteiger charge is 2.23. The van der Waals surface area contributed by atoms with Crippen LogP contribution in [0.2, 0.25) is 0 Å². The topological polar surface area (TPSA) is 125 Å². The highest BCUT2D eigenvalue weighted by Crippen LogP contribution is 2.32. The lowest BCUT2D eigenvalue weighted by Crippen LogP contribution is -2.19. The van der Waals surface area contributed by atoms with Gasteiger partial charge in [0.2, 0.25) is 11.1 Å². The van der Waals surface area contributed by atoms with Crippen LogP contribution in [0.4, 0.5) is 5.13 Å². The van der Waals surface area contributed by atoms with Gasteiger partial charge in [0.1, 0.15) is 4.88 Å². The number of hydrogen-bond acceptors (Lipinski definition) is 9. The van der Waals surface area contributed by atoms with Crippen molar-refractivity contribution in [2.75, 3.05) is 16.9 Å². The van der Waals surface area contributed by atoms with E-state index in [0.717, 1.165) is 30.0 Å². The number of thioether (sulfide) groups is 1. The fourth-order valence-corrected chi connectivity index (χ4v) is 4.75. The SMILES string of the molecule is Cc1nc(NC(=O)CSc2nnc(C3CCCCC3)n2N)sc1C(=O)OC(C)C. The molecule has 1 amide bonds. The smallest absolute Gasteiger partial charge is 0.350 e. The first-order valence-corrected chi connectivity index (χ1v) is 11.5. The number of amides is 1. The normalized spacial score (nSPS) is 14.9. The standard InChI is InChI=1S/C18H26N6O3S2/c1-10(2)27-16(26)14-11(3)20-17(29-14)21-13(25)9-28-18-23-22-15(24(18)19)12-7-5-4-6-8-12/h10,12H,4-9,19H2,1-3H3,(H,20,21,25). The molecule has 2 aromatic heterocycles. The molecule has 0 spiro atoms. The average Bonchev–Trinajstić information content (AvgIpc) is 3.22. The van der Waals surface area contributed by atoms with E-state index in [1.54, 1.807) is 20.8 Å². The zero-order chi connectivity index (χ0) is 21.0. The first kappa shape index (κ1) is 21.6. The molecule has 1 aliphatic rings. The van der Waals surface area contributed by atoms with Gasteiger partial charge in [0, 0.05) is 5.92 Å². The van der Waals surface area contributed by atoms with Gasteiger partial charge >= 0.3 is 5.97 Å². The molecule has 0 bridgehead atoms. The minimum atomic E-state index is -0.434. The van der Waals surface area contributed by atoms with Gasteiger partial charge in [-0.05, 0) is 33.6 Å². The van der Waals surface area contributed by atoms with Crippen molar-refractivity contribution in [2.24, 2.45) is 0 Å². The number of aromatic nitrogens is 4. The summed E-state index contributed by atoms with van der Waals surface area (Å²) in [5, 5.41) is 12.0.